The van der Waals surface area contributed by atoms with Gasteiger partial charge in [0.25, 0.3) is 0 Å². The lowest BCUT2D eigenvalue weighted by Gasteiger charge is -2.33. The second-order valence-electron chi connectivity index (χ2n) is 12.1. The molecule has 4 rings (SSSR count). The van der Waals surface area contributed by atoms with Crippen LogP contribution in [0.4, 0.5) is 29.6 Å². The van der Waals surface area contributed by atoms with Gasteiger partial charge in [-0.2, -0.15) is 13.2 Å². The van der Waals surface area contributed by atoms with E-state index < -0.39 is 35.1 Å². The number of nitrogens with one attached hydrogen (secondary N) is 1. The molecule has 1 aromatic heterocycles. The van der Waals surface area contributed by atoms with Crippen LogP contribution in [0.3, 0.4) is 0 Å². The van der Waals surface area contributed by atoms with E-state index in [1.54, 1.807) is 36.1 Å². The maximum atomic E-state index is 14.2. The van der Waals surface area contributed by atoms with Crippen molar-refractivity contribution >= 4 is 23.7 Å². The van der Waals surface area contributed by atoms with Crippen molar-refractivity contribution in [3.05, 3.63) is 83.2 Å². The lowest BCUT2D eigenvalue weighted by molar-refractivity contribution is -0.147. The number of ether oxygens (including phenoxy) is 2. The molecule has 44 heavy (non-hydrogen) atoms. The fourth-order valence-electron chi connectivity index (χ4n) is 5.37. The number of benzene rings is 2. The highest BCUT2D eigenvalue weighted by Gasteiger charge is 2.40. The van der Waals surface area contributed by atoms with Crippen molar-refractivity contribution in [2.75, 3.05) is 25.5 Å². The molecular formula is C33H39F3N4O4. The summed E-state index contributed by atoms with van der Waals surface area (Å²) in [6, 6.07) is 16.6. The third-order valence-electron chi connectivity index (χ3n) is 7.73. The Labute approximate surface area is 256 Å². The van der Waals surface area contributed by atoms with Crippen molar-refractivity contribution in [2.45, 2.75) is 70.6 Å². The third-order valence-corrected chi connectivity index (χ3v) is 7.73. The van der Waals surface area contributed by atoms with Gasteiger partial charge in [-0.3, -0.25) is 4.79 Å². The van der Waals surface area contributed by atoms with Gasteiger partial charge in [0.05, 0.1) is 24.3 Å². The normalized spacial score (nSPS) is 15.8. The van der Waals surface area contributed by atoms with Crippen molar-refractivity contribution in [3.63, 3.8) is 0 Å². The first-order valence-corrected chi connectivity index (χ1v) is 14.7. The van der Waals surface area contributed by atoms with Gasteiger partial charge in [-0.05, 0) is 69.2 Å². The molecule has 3 aromatic rings. The molecule has 0 bridgehead atoms. The van der Waals surface area contributed by atoms with E-state index in [1.807, 2.05) is 51.1 Å². The minimum atomic E-state index is -4.72. The lowest BCUT2D eigenvalue weighted by atomic mass is 9.83. The van der Waals surface area contributed by atoms with E-state index in [9.17, 15) is 22.8 Å². The summed E-state index contributed by atoms with van der Waals surface area (Å²) in [5.74, 6) is -2.19. The zero-order valence-corrected chi connectivity index (χ0v) is 25.6. The quantitative estimate of drug-likeness (QED) is 0.264. The van der Waals surface area contributed by atoms with E-state index in [2.05, 4.69) is 15.3 Å². The minimum Gasteiger partial charge on any atom is -0.469 e. The number of hydrogen-bond acceptors (Lipinski definition) is 7. The first-order valence-electron chi connectivity index (χ1n) is 14.7. The molecule has 11 heteroatoms. The predicted molar refractivity (Wildman–Crippen MR) is 161 cm³/mol. The highest BCUT2D eigenvalue weighted by Crippen LogP contribution is 2.39. The van der Waals surface area contributed by atoms with Gasteiger partial charge >= 0.3 is 18.2 Å². The monoisotopic (exact) mass is 612 g/mol. The number of halogens is 3. The SMILES string of the molecule is COC(=O)C(C)C(Cc1ccccc1)c1nc(Nc2ccc(C3CCN(C(=O)OC(C)(C)C)CC3)cc2)ncc1C(F)(F)F. The van der Waals surface area contributed by atoms with Gasteiger partial charge in [-0.15, -0.1) is 0 Å². The molecular weight excluding hydrogens is 573 g/mol. The van der Waals surface area contributed by atoms with Gasteiger partial charge in [-0.25, -0.2) is 14.8 Å². The second kappa shape index (κ2) is 13.7. The molecule has 0 aliphatic carbocycles. The number of nitrogens with zero attached hydrogens (tertiary/aromatic N) is 3. The molecule has 1 aliphatic heterocycles. The lowest BCUT2D eigenvalue weighted by Crippen LogP contribution is -2.41. The van der Waals surface area contributed by atoms with Crippen molar-refractivity contribution in [1.82, 2.24) is 14.9 Å². The van der Waals surface area contributed by atoms with Crippen molar-refractivity contribution in [3.8, 4) is 0 Å². The minimum absolute atomic E-state index is 0.0125. The van der Waals surface area contributed by atoms with E-state index in [0.717, 1.165) is 30.2 Å². The summed E-state index contributed by atoms with van der Waals surface area (Å²) in [7, 11) is 1.21. The molecule has 1 N–H and O–H groups in total. The number of rotatable bonds is 8. The second-order valence-corrected chi connectivity index (χ2v) is 12.1. The van der Waals surface area contributed by atoms with E-state index in [0.29, 0.717) is 18.8 Å². The van der Waals surface area contributed by atoms with Gasteiger partial charge in [0.2, 0.25) is 5.95 Å². The Morgan fingerprint density at radius 2 is 1.66 bits per heavy atom. The molecule has 0 spiro atoms. The summed E-state index contributed by atoms with van der Waals surface area (Å²) in [6.07, 6.45) is -2.54. The zero-order chi connectivity index (χ0) is 32.1. The summed E-state index contributed by atoms with van der Waals surface area (Å²) < 4.78 is 52.9. The number of esters is 1. The van der Waals surface area contributed by atoms with Crippen LogP contribution in [0.5, 0.6) is 0 Å². The molecule has 2 aromatic carbocycles. The van der Waals surface area contributed by atoms with Crippen LogP contribution in [0.2, 0.25) is 0 Å². The standard InChI is InChI=1S/C33H39F3N4O4/c1-21(29(41)43-5)26(19-22-9-7-6-8-10-22)28-27(33(34,35)36)20-37-30(39-28)38-25-13-11-23(12-14-25)24-15-17-40(18-16-24)31(42)44-32(2,3)4/h6-14,20-21,24,26H,15-19H2,1-5H3,(H,37,38,39). The van der Waals surface area contributed by atoms with Crippen LogP contribution < -0.4 is 5.32 Å². The van der Waals surface area contributed by atoms with Crippen LogP contribution in [0.15, 0.2) is 60.8 Å². The van der Waals surface area contributed by atoms with Gasteiger partial charge in [0.15, 0.2) is 0 Å². The van der Waals surface area contributed by atoms with Crippen LogP contribution in [0, 0.1) is 5.92 Å². The Balaban J connectivity index is 1.53. The number of aromatic nitrogens is 2. The number of carbonyl (C=O) groups is 2. The number of piperidine rings is 1. The number of amides is 1. The van der Waals surface area contributed by atoms with Crippen LogP contribution in [0.1, 0.15) is 74.8 Å². The third kappa shape index (κ3) is 8.48. The molecule has 0 saturated carbocycles. The van der Waals surface area contributed by atoms with E-state index >= 15 is 0 Å². The van der Waals surface area contributed by atoms with E-state index in [-0.39, 0.29) is 30.1 Å². The Morgan fingerprint density at radius 1 is 1.02 bits per heavy atom. The van der Waals surface area contributed by atoms with Crippen LogP contribution in [-0.4, -0.2) is 52.7 Å². The molecule has 8 nitrogen and oxygen atoms in total. The number of hydrogen-bond donors (Lipinski definition) is 1. The molecule has 1 saturated heterocycles. The molecule has 1 aliphatic rings. The van der Waals surface area contributed by atoms with Crippen molar-refractivity contribution < 1.29 is 32.2 Å². The summed E-state index contributed by atoms with van der Waals surface area (Å²) in [5.41, 5.74) is 0.658. The number of methoxy groups -OCH3 is 1. The average Bonchev–Trinajstić information content (AvgIpc) is 2.98. The highest BCUT2D eigenvalue weighted by molar-refractivity contribution is 5.73. The topological polar surface area (TPSA) is 93.7 Å². The zero-order valence-electron chi connectivity index (χ0n) is 25.6. The summed E-state index contributed by atoms with van der Waals surface area (Å²) in [6.45, 7) is 8.26. The highest BCUT2D eigenvalue weighted by atomic mass is 19.4. The van der Waals surface area contributed by atoms with Gasteiger partial charge < -0.3 is 19.7 Å². The number of carbonyl (C=O) groups excluding carboxylic acids is 2. The first kappa shape index (κ1) is 32.8. The Kier molecular flexibility index (Phi) is 10.2. The van der Waals surface area contributed by atoms with Crippen LogP contribution in [-0.2, 0) is 26.9 Å². The Hall–Kier alpha value is -4.15. The van der Waals surface area contributed by atoms with Crippen molar-refractivity contribution in [2.24, 2.45) is 5.92 Å². The summed E-state index contributed by atoms with van der Waals surface area (Å²) >= 11 is 0. The molecule has 0 radical (unpaired) electrons. The smallest absolute Gasteiger partial charge is 0.419 e. The van der Waals surface area contributed by atoms with E-state index in [1.165, 1.54) is 7.11 Å². The van der Waals surface area contributed by atoms with Crippen LogP contribution >= 0.6 is 0 Å². The number of alkyl halides is 3. The summed E-state index contributed by atoms with van der Waals surface area (Å²) in [5, 5.41) is 3.02. The van der Waals surface area contributed by atoms with Gasteiger partial charge in [-0.1, -0.05) is 49.4 Å². The fraction of sp³-hybridized carbons (Fsp3) is 0.455. The molecule has 1 fully saturated rings. The van der Waals surface area contributed by atoms with Crippen molar-refractivity contribution in [1.29, 1.82) is 0 Å². The summed E-state index contributed by atoms with van der Waals surface area (Å²) in [4.78, 5) is 35.0. The molecule has 236 valence electrons. The molecule has 1 amide bonds. The molecule has 2 unspecified atom stereocenters. The van der Waals surface area contributed by atoms with Crippen LogP contribution in [0.25, 0.3) is 0 Å². The fourth-order valence-corrected chi connectivity index (χ4v) is 5.37. The first-order chi connectivity index (χ1) is 20.7. The Bertz CT molecular complexity index is 1420. The maximum Gasteiger partial charge on any atom is 0.419 e. The van der Waals surface area contributed by atoms with E-state index in [4.69, 9.17) is 9.47 Å². The molecule has 2 atom stereocenters. The predicted octanol–water partition coefficient (Wildman–Crippen LogP) is 7.49. The van der Waals surface area contributed by atoms with Gasteiger partial charge in [0, 0.05) is 30.9 Å². The molecule has 2 heterocycles. The van der Waals surface area contributed by atoms with Gasteiger partial charge in [0.1, 0.15) is 5.60 Å². The number of anilines is 2. The largest absolute Gasteiger partial charge is 0.469 e. The maximum absolute atomic E-state index is 14.2. The average molecular weight is 613 g/mol. The Morgan fingerprint density at radius 3 is 2.23 bits per heavy atom. The number of likely N-dealkylation sites (tertiary alicyclic amines) is 1.